The van der Waals surface area contributed by atoms with Crippen molar-refractivity contribution in [2.45, 2.75) is 25.3 Å². The quantitative estimate of drug-likeness (QED) is 0.430. The lowest BCUT2D eigenvalue weighted by molar-refractivity contribution is -0.130. The summed E-state index contributed by atoms with van der Waals surface area (Å²) in [4.78, 5) is 29.8. The molecule has 3 aromatic rings. The summed E-state index contributed by atoms with van der Waals surface area (Å²) in [6, 6.07) is 26.3. The van der Waals surface area contributed by atoms with Gasteiger partial charge in [-0.3, -0.25) is 14.5 Å². The number of benzene rings is 3. The third-order valence-electron chi connectivity index (χ3n) is 5.86. The summed E-state index contributed by atoms with van der Waals surface area (Å²) in [7, 11) is 0. The molecule has 5 nitrogen and oxygen atoms in total. The molecule has 34 heavy (non-hydrogen) atoms. The molecule has 1 atom stereocenters. The lowest BCUT2D eigenvalue weighted by Crippen LogP contribution is -2.39. The predicted molar refractivity (Wildman–Crippen MR) is 140 cm³/mol. The summed E-state index contributed by atoms with van der Waals surface area (Å²) in [5.41, 5.74) is 2.93. The summed E-state index contributed by atoms with van der Waals surface area (Å²) >= 11 is 11.7. The minimum atomic E-state index is -0.626. The second-order valence-electron chi connectivity index (χ2n) is 8.21. The van der Waals surface area contributed by atoms with Gasteiger partial charge in [0.05, 0.1) is 6.42 Å². The maximum absolute atomic E-state index is 13.4. The molecule has 7 heteroatoms. The fourth-order valence-electron chi connectivity index (χ4n) is 4.05. The van der Waals surface area contributed by atoms with Gasteiger partial charge in [-0.15, -0.1) is 0 Å². The second-order valence-corrected chi connectivity index (χ2v) is 9.01. The number of rotatable bonds is 9. The number of hydrogen-bond donors (Lipinski definition) is 1. The first-order valence-electron chi connectivity index (χ1n) is 11.3. The van der Waals surface area contributed by atoms with E-state index in [1.807, 2.05) is 53.4 Å². The molecule has 1 aliphatic heterocycles. The highest BCUT2D eigenvalue weighted by atomic mass is 35.5. The molecular weight excluding hydrogens is 466 g/mol. The Balaban J connectivity index is 1.47. The normalized spacial score (nSPS) is 15.6. The molecule has 2 amide bonds. The molecule has 4 rings (SSSR count). The Morgan fingerprint density at radius 1 is 0.853 bits per heavy atom. The maximum atomic E-state index is 13.4. The van der Waals surface area contributed by atoms with Gasteiger partial charge in [0.2, 0.25) is 5.91 Å². The smallest absolute Gasteiger partial charge is 0.252 e. The van der Waals surface area contributed by atoms with Gasteiger partial charge in [0.25, 0.3) is 5.91 Å². The summed E-state index contributed by atoms with van der Waals surface area (Å²) in [5, 5.41) is 3.94. The van der Waals surface area contributed by atoms with Crippen LogP contribution in [0.4, 0.5) is 5.69 Å². The summed E-state index contributed by atoms with van der Waals surface area (Å²) < 4.78 is 0. The predicted octanol–water partition coefficient (Wildman–Crippen LogP) is 4.95. The number of thiocarbonyl (C=S) groups is 1. The van der Waals surface area contributed by atoms with Crippen LogP contribution in [-0.4, -0.2) is 45.9 Å². The van der Waals surface area contributed by atoms with Crippen molar-refractivity contribution in [1.29, 1.82) is 0 Å². The Morgan fingerprint density at radius 2 is 1.41 bits per heavy atom. The fourth-order valence-corrected chi connectivity index (χ4v) is 4.58. The first kappa shape index (κ1) is 23.9. The SMILES string of the molecule is O=C(C[C@@H]1C(=O)N(CCc2ccccc2)C(=S)N1CCc1ccccc1)Nc1ccc(Cl)cc1. The van der Waals surface area contributed by atoms with Crippen LogP contribution in [0.1, 0.15) is 17.5 Å². The van der Waals surface area contributed by atoms with E-state index >= 15 is 0 Å². The minimum absolute atomic E-state index is 0.0260. The van der Waals surface area contributed by atoms with Crippen LogP contribution in [0.5, 0.6) is 0 Å². The fraction of sp³-hybridized carbons (Fsp3) is 0.222. The lowest BCUT2D eigenvalue weighted by Gasteiger charge is -2.24. The van der Waals surface area contributed by atoms with Crippen LogP contribution < -0.4 is 5.32 Å². The van der Waals surface area contributed by atoms with Gasteiger partial charge in [0, 0.05) is 23.8 Å². The van der Waals surface area contributed by atoms with Crippen molar-refractivity contribution >= 4 is 46.4 Å². The van der Waals surface area contributed by atoms with Crippen molar-refractivity contribution in [3.05, 3.63) is 101 Å². The molecule has 0 spiro atoms. The van der Waals surface area contributed by atoms with Crippen LogP contribution in [0.2, 0.25) is 5.02 Å². The molecule has 0 unspecified atom stereocenters. The van der Waals surface area contributed by atoms with Crippen molar-refractivity contribution < 1.29 is 9.59 Å². The highest BCUT2D eigenvalue weighted by Crippen LogP contribution is 2.23. The van der Waals surface area contributed by atoms with Crippen molar-refractivity contribution in [2.24, 2.45) is 0 Å². The van der Waals surface area contributed by atoms with Gasteiger partial charge in [-0.1, -0.05) is 72.3 Å². The monoisotopic (exact) mass is 491 g/mol. The van der Waals surface area contributed by atoms with E-state index < -0.39 is 6.04 Å². The average molecular weight is 492 g/mol. The molecular formula is C27H26ClN3O2S. The number of nitrogens with zero attached hydrogens (tertiary/aromatic N) is 2. The van der Waals surface area contributed by atoms with E-state index in [4.69, 9.17) is 23.8 Å². The average Bonchev–Trinajstić information content (AvgIpc) is 3.07. The standard InChI is InChI=1S/C27H26ClN3O2S/c28-22-11-13-23(14-12-22)29-25(32)19-24-26(33)31(18-16-21-9-5-2-6-10-21)27(34)30(24)17-15-20-7-3-1-4-8-20/h1-14,24H,15-19H2,(H,29,32)/t24-/m1/s1. The van der Waals surface area contributed by atoms with Crippen LogP contribution in [0.3, 0.4) is 0 Å². The van der Waals surface area contributed by atoms with Crippen molar-refractivity contribution in [2.75, 3.05) is 18.4 Å². The van der Waals surface area contributed by atoms with E-state index in [2.05, 4.69) is 17.4 Å². The molecule has 3 aromatic carbocycles. The van der Waals surface area contributed by atoms with E-state index in [1.165, 1.54) is 0 Å². The minimum Gasteiger partial charge on any atom is -0.336 e. The summed E-state index contributed by atoms with van der Waals surface area (Å²) in [6.07, 6.45) is 1.46. The van der Waals surface area contributed by atoms with Crippen LogP contribution in [-0.2, 0) is 22.4 Å². The van der Waals surface area contributed by atoms with E-state index in [1.54, 1.807) is 29.2 Å². The van der Waals surface area contributed by atoms with E-state index in [9.17, 15) is 9.59 Å². The molecule has 1 N–H and O–H groups in total. The molecule has 0 saturated carbocycles. The molecule has 1 aliphatic rings. The number of carbonyl (C=O) groups is 2. The number of halogens is 1. The van der Waals surface area contributed by atoms with Crippen LogP contribution >= 0.6 is 23.8 Å². The molecule has 0 aromatic heterocycles. The topological polar surface area (TPSA) is 52.7 Å². The number of amides is 2. The molecule has 0 bridgehead atoms. The Bertz CT molecular complexity index is 1140. The van der Waals surface area contributed by atoms with Gasteiger partial charge in [-0.25, -0.2) is 0 Å². The first-order chi connectivity index (χ1) is 16.5. The van der Waals surface area contributed by atoms with Gasteiger partial charge in [0.15, 0.2) is 5.11 Å². The molecule has 0 radical (unpaired) electrons. The summed E-state index contributed by atoms with van der Waals surface area (Å²) in [5.74, 6) is -0.363. The van der Waals surface area contributed by atoms with Gasteiger partial charge < -0.3 is 10.2 Å². The van der Waals surface area contributed by atoms with Gasteiger partial charge >= 0.3 is 0 Å². The van der Waals surface area contributed by atoms with Crippen molar-refractivity contribution in [3.8, 4) is 0 Å². The van der Waals surface area contributed by atoms with Crippen LogP contribution in [0, 0.1) is 0 Å². The number of anilines is 1. The highest BCUT2D eigenvalue weighted by molar-refractivity contribution is 7.80. The first-order valence-corrected chi connectivity index (χ1v) is 12.0. The molecule has 0 aliphatic carbocycles. The lowest BCUT2D eigenvalue weighted by atomic mass is 10.1. The van der Waals surface area contributed by atoms with Gasteiger partial charge in [-0.05, 0) is 60.5 Å². The number of nitrogens with one attached hydrogen (secondary N) is 1. The van der Waals surface area contributed by atoms with Gasteiger partial charge in [0.1, 0.15) is 6.04 Å². The van der Waals surface area contributed by atoms with Crippen molar-refractivity contribution in [1.82, 2.24) is 9.80 Å². The van der Waals surface area contributed by atoms with E-state index in [0.717, 1.165) is 17.5 Å². The third kappa shape index (κ3) is 6.01. The second kappa shape index (κ2) is 11.3. The largest absolute Gasteiger partial charge is 0.336 e. The third-order valence-corrected chi connectivity index (χ3v) is 6.57. The Hall–Kier alpha value is -3.22. The highest BCUT2D eigenvalue weighted by Gasteiger charge is 2.42. The Kier molecular flexibility index (Phi) is 7.93. The molecule has 1 fully saturated rings. The van der Waals surface area contributed by atoms with E-state index in [0.29, 0.717) is 35.3 Å². The summed E-state index contributed by atoms with van der Waals surface area (Å²) in [6.45, 7) is 1.05. The number of carbonyl (C=O) groups excluding carboxylic acids is 2. The van der Waals surface area contributed by atoms with E-state index in [-0.39, 0.29) is 18.2 Å². The Labute approximate surface area is 210 Å². The van der Waals surface area contributed by atoms with Crippen molar-refractivity contribution in [3.63, 3.8) is 0 Å². The van der Waals surface area contributed by atoms with Gasteiger partial charge in [-0.2, -0.15) is 0 Å². The zero-order chi connectivity index (χ0) is 23.9. The number of hydrogen-bond acceptors (Lipinski definition) is 3. The zero-order valence-corrected chi connectivity index (χ0v) is 20.3. The zero-order valence-electron chi connectivity index (χ0n) is 18.7. The van der Waals surface area contributed by atoms with Crippen LogP contribution in [0.25, 0.3) is 0 Å². The molecule has 174 valence electrons. The maximum Gasteiger partial charge on any atom is 0.252 e. The molecule has 1 heterocycles. The Morgan fingerprint density at radius 3 is 2.00 bits per heavy atom. The van der Waals surface area contributed by atoms with Crippen LogP contribution in [0.15, 0.2) is 84.9 Å². The molecule has 1 saturated heterocycles.